The fourth-order valence-electron chi connectivity index (χ4n) is 3.14. The fraction of sp³-hybridized carbons (Fsp3) is 0.647. The summed E-state index contributed by atoms with van der Waals surface area (Å²) in [5.74, 6) is 0.474. The number of hydrogen-bond donors (Lipinski definition) is 1. The first-order valence-corrected chi connectivity index (χ1v) is 7.63. The maximum atomic E-state index is 13.5. The van der Waals surface area contributed by atoms with Crippen molar-refractivity contribution in [3.63, 3.8) is 0 Å². The quantitative estimate of drug-likeness (QED) is 0.827. The molecule has 2 nitrogen and oxygen atoms in total. The van der Waals surface area contributed by atoms with Gasteiger partial charge in [0, 0.05) is 6.54 Å². The molecule has 0 saturated carbocycles. The Labute approximate surface area is 122 Å². The second kappa shape index (κ2) is 6.13. The van der Waals surface area contributed by atoms with E-state index in [0.717, 1.165) is 31.1 Å². The summed E-state index contributed by atoms with van der Waals surface area (Å²) in [5, 5.41) is 0. The Kier molecular flexibility index (Phi) is 4.69. The predicted molar refractivity (Wildman–Crippen MR) is 82.9 cm³/mol. The SMILES string of the molecule is CC(C)(C)C1CCCN(Cc2cccc(F)c2N)CC1. The van der Waals surface area contributed by atoms with Gasteiger partial charge in [-0.25, -0.2) is 4.39 Å². The van der Waals surface area contributed by atoms with E-state index in [-0.39, 0.29) is 5.82 Å². The predicted octanol–water partition coefficient (Wildman–Crippen LogP) is 4.06. The number of nitrogens with zero attached hydrogens (tertiary/aromatic N) is 1. The molecular formula is C17H27FN2. The second-order valence-corrected chi connectivity index (χ2v) is 7.08. The van der Waals surface area contributed by atoms with Crippen LogP contribution >= 0.6 is 0 Å². The molecule has 0 radical (unpaired) electrons. The van der Waals surface area contributed by atoms with E-state index in [1.54, 1.807) is 6.07 Å². The number of rotatable bonds is 2. The Morgan fingerprint density at radius 2 is 2.00 bits per heavy atom. The topological polar surface area (TPSA) is 29.3 Å². The maximum Gasteiger partial charge on any atom is 0.146 e. The highest BCUT2D eigenvalue weighted by Gasteiger charge is 2.27. The number of likely N-dealkylation sites (tertiary alicyclic amines) is 1. The van der Waals surface area contributed by atoms with Crippen molar-refractivity contribution < 1.29 is 4.39 Å². The molecule has 2 rings (SSSR count). The Hall–Kier alpha value is -1.09. The Morgan fingerprint density at radius 1 is 1.25 bits per heavy atom. The van der Waals surface area contributed by atoms with Gasteiger partial charge in [-0.3, -0.25) is 4.90 Å². The lowest BCUT2D eigenvalue weighted by atomic mass is 9.77. The molecule has 0 aromatic heterocycles. The smallest absolute Gasteiger partial charge is 0.146 e. The monoisotopic (exact) mass is 278 g/mol. The Bertz CT molecular complexity index is 451. The molecule has 2 N–H and O–H groups in total. The number of anilines is 1. The second-order valence-electron chi connectivity index (χ2n) is 7.08. The first kappa shape index (κ1) is 15.3. The van der Waals surface area contributed by atoms with E-state index in [1.807, 2.05) is 6.07 Å². The first-order chi connectivity index (χ1) is 9.38. The average Bonchev–Trinajstić information content (AvgIpc) is 2.60. The van der Waals surface area contributed by atoms with Crippen LogP contribution in [0.2, 0.25) is 0 Å². The lowest BCUT2D eigenvalue weighted by Crippen LogP contribution is -2.26. The van der Waals surface area contributed by atoms with Gasteiger partial charge in [0.15, 0.2) is 0 Å². The van der Waals surface area contributed by atoms with Gasteiger partial charge in [0.25, 0.3) is 0 Å². The maximum absolute atomic E-state index is 13.5. The van der Waals surface area contributed by atoms with E-state index in [2.05, 4.69) is 25.7 Å². The highest BCUT2D eigenvalue weighted by atomic mass is 19.1. The van der Waals surface area contributed by atoms with Crippen molar-refractivity contribution in [1.82, 2.24) is 4.90 Å². The van der Waals surface area contributed by atoms with Gasteiger partial charge < -0.3 is 5.73 Å². The summed E-state index contributed by atoms with van der Waals surface area (Å²) in [5.41, 5.74) is 7.44. The van der Waals surface area contributed by atoms with Crippen LogP contribution in [-0.2, 0) is 6.54 Å². The van der Waals surface area contributed by atoms with E-state index < -0.39 is 0 Å². The normalized spacial score (nSPS) is 21.7. The van der Waals surface area contributed by atoms with Crippen molar-refractivity contribution in [2.75, 3.05) is 18.8 Å². The lowest BCUT2D eigenvalue weighted by Gasteiger charge is -2.29. The average molecular weight is 278 g/mol. The minimum Gasteiger partial charge on any atom is -0.396 e. The first-order valence-electron chi connectivity index (χ1n) is 7.63. The Morgan fingerprint density at radius 3 is 2.70 bits per heavy atom. The number of nitrogen functional groups attached to an aromatic ring is 1. The number of benzene rings is 1. The van der Waals surface area contributed by atoms with Crippen molar-refractivity contribution in [1.29, 1.82) is 0 Å². The summed E-state index contributed by atoms with van der Waals surface area (Å²) in [6.07, 6.45) is 3.73. The van der Waals surface area contributed by atoms with Crippen LogP contribution in [0.25, 0.3) is 0 Å². The van der Waals surface area contributed by atoms with Gasteiger partial charge in [-0.15, -0.1) is 0 Å². The van der Waals surface area contributed by atoms with Crippen LogP contribution < -0.4 is 5.73 Å². The molecule has 1 unspecified atom stereocenters. The van der Waals surface area contributed by atoms with E-state index >= 15 is 0 Å². The number of halogens is 1. The Balaban J connectivity index is 1.99. The van der Waals surface area contributed by atoms with Crippen molar-refractivity contribution in [3.05, 3.63) is 29.6 Å². The largest absolute Gasteiger partial charge is 0.396 e. The van der Waals surface area contributed by atoms with Crippen LogP contribution in [0.15, 0.2) is 18.2 Å². The van der Waals surface area contributed by atoms with Gasteiger partial charge in [0.1, 0.15) is 5.82 Å². The molecule has 112 valence electrons. The molecule has 1 aliphatic rings. The third-order valence-corrected chi connectivity index (χ3v) is 4.58. The van der Waals surface area contributed by atoms with Gasteiger partial charge in [-0.2, -0.15) is 0 Å². The van der Waals surface area contributed by atoms with Crippen LogP contribution in [0.3, 0.4) is 0 Å². The molecular weight excluding hydrogens is 251 g/mol. The summed E-state index contributed by atoms with van der Waals surface area (Å²) in [7, 11) is 0. The molecule has 0 aliphatic carbocycles. The number of para-hydroxylation sites is 1. The van der Waals surface area contributed by atoms with Gasteiger partial charge in [0.2, 0.25) is 0 Å². The minimum absolute atomic E-state index is 0.301. The van der Waals surface area contributed by atoms with E-state index in [0.29, 0.717) is 11.1 Å². The summed E-state index contributed by atoms with van der Waals surface area (Å²) in [6, 6.07) is 5.11. The molecule has 1 heterocycles. The fourth-order valence-corrected chi connectivity index (χ4v) is 3.14. The standard InChI is InChI=1S/C17H27FN2/c1-17(2,3)14-7-5-10-20(11-9-14)12-13-6-4-8-15(18)16(13)19/h4,6,8,14H,5,7,9-12,19H2,1-3H3. The molecule has 0 bridgehead atoms. The van der Waals surface area contributed by atoms with Crippen LogP contribution in [0.1, 0.15) is 45.6 Å². The van der Waals surface area contributed by atoms with E-state index in [4.69, 9.17) is 5.73 Å². The third-order valence-electron chi connectivity index (χ3n) is 4.58. The van der Waals surface area contributed by atoms with Crippen molar-refractivity contribution in [2.24, 2.45) is 11.3 Å². The van der Waals surface area contributed by atoms with Crippen LogP contribution in [0.4, 0.5) is 10.1 Å². The summed E-state index contributed by atoms with van der Waals surface area (Å²) < 4.78 is 13.5. The molecule has 1 fully saturated rings. The van der Waals surface area contributed by atoms with Crippen molar-refractivity contribution in [3.8, 4) is 0 Å². The lowest BCUT2D eigenvalue weighted by molar-refractivity contribution is 0.206. The summed E-state index contributed by atoms with van der Waals surface area (Å²) in [4.78, 5) is 2.41. The van der Waals surface area contributed by atoms with Gasteiger partial charge in [-0.1, -0.05) is 32.9 Å². The van der Waals surface area contributed by atoms with Crippen LogP contribution in [0.5, 0.6) is 0 Å². The molecule has 0 amide bonds. The molecule has 1 aromatic rings. The molecule has 1 aromatic carbocycles. The number of hydrogen-bond acceptors (Lipinski definition) is 2. The van der Waals surface area contributed by atoms with Crippen LogP contribution in [0, 0.1) is 17.2 Å². The molecule has 1 aliphatic heterocycles. The van der Waals surface area contributed by atoms with Crippen molar-refractivity contribution in [2.45, 2.75) is 46.6 Å². The van der Waals surface area contributed by atoms with Crippen molar-refractivity contribution >= 4 is 5.69 Å². The molecule has 0 spiro atoms. The zero-order valence-corrected chi connectivity index (χ0v) is 13.0. The molecule has 1 atom stereocenters. The number of nitrogens with two attached hydrogens (primary N) is 1. The highest BCUT2D eigenvalue weighted by Crippen LogP contribution is 2.34. The minimum atomic E-state index is -0.301. The zero-order chi connectivity index (χ0) is 14.8. The van der Waals surface area contributed by atoms with Gasteiger partial charge >= 0.3 is 0 Å². The van der Waals surface area contributed by atoms with E-state index in [1.165, 1.54) is 25.3 Å². The van der Waals surface area contributed by atoms with E-state index in [9.17, 15) is 4.39 Å². The molecule has 3 heteroatoms. The third kappa shape index (κ3) is 3.72. The molecule has 1 saturated heterocycles. The van der Waals surface area contributed by atoms with Crippen LogP contribution in [-0.4, -0.2) is 18.0 Å². The molecule has 20 heavy (non-hydrogen) atoms. The summed E-state index contributed by atoms with van der Waals surface area (Å²) in [6.45, 7) is 9.93. The summed E-state index contributed by atoms with van der Waals surface area (Å²) >= 11 is 0. The highest BCUT2D eigenvalue weighted by molar-refractivity contribution is 5.47. The zero-order valence-electron chi connectivity index (χ0n) is 13.0. The van der Waals surface area contributed by atoms with Gasteiger partial charge in [0.05, 0.1) is 5.69 Å². The van der Waals surface area contributed by atoms with Gasteiger partial charge in [-0.05, 0) is 55.3 Å².